The number of rotatable bonds is 5. The standard InChI is InChI=1S/C16H33NO2/c1-12-7-14(9-16(5,6)8-12)19-11-13(18)10-17-15(2,3)4/h12-14,17-18H,7-11H2,1-6H3/t12-,13+,14-/m1/s1. The van der Waals surface area contributed by atoms with Gasteiger partial charge in [0.1, 0.15) is 0 Å². The molecule has 3 heteroatoms. The van der Waals surface area contributed by atoms with E-state index in [1.165, 1.54) is 6.42 Å². The second kappa shape index (κ2) is 6.55. The van der Waals surface area contributed by atoms with Gasteiger partial charge in [-0.05, 0) is 51.4 Å². The maximum Gasteiger partial charge on any atom is 0.0898 e. The maximum atomic E-state index is 9.95. The van der Waals surface area contributed by atoms with Gasteiger partial charge in [-0.3, -0.25) is 0 Å². The number of nitrogens with one attached hydrogen (secondary N) is 1. The van der Waals surface area contributed by atoms with Crippen LogP contribution in [0.15, 0.2) is 0 Å². The van der Waals surface area contributed by atoms with E-state index in [9.17, 15) is 5.11 Å². The van der Waals surface area contributed by atoms with Crippen molar-refractivity contribution in [2.24, 2.45) is 11.3 Å². The van der Waals surface area contributed by atoms with Crippen molar-refractivity contribution < 1.29 is 9.84 Å². The van der Waals surface area contributed by atoms with Crippen LogP contribution < -0.4 is 5.32 Å². The van der Waals surface area contributed by atoms with E-state index in [2.05, 4.69) is 46.9 Å². The van der Waals surface area contributed by atoms with Crippen molar-refractivity contribution in [2.45, 2.75) is 78.6 Å². The molecule has 19 heavy (non-hydrogen) atoms. The smallest absolute Gasteiger partial charge is 0.0898 e. The molecule has 0 aromatic rings. The average Bonchev–Trinajstić information content (AvgIpc) is 2.19. The molecule has 114 valence electrons. The maximum absolute atomic E-state index is 9.95. The third kappa shape index (κ3) is 7.28. The molecule has 2 N–H and O–H groups in total. The second-order valence-electron chi connectivity index (χ2n) is 8.15. The van der Waals surface area contributed by atoms with Crippen molar-refractivity contribution in [3.05, 3.63) is 0 Å². The van der Waals surface area contributed by atoms with E-state index >= 15 is 0 Å². The summed E-state index contributed by atoms with van der Waals surface area (Å²) in [6, 6.07) is 0. The fourth-order valence-electron chi connectivity index (χ4n) is 3.12. The van der Waals surface area contributed by atoms with E-state index in [0.717, 1.165) is 18.8 Å². The largest absolute Gasteiger partial charge is 0.389 e. The van der Waals surface area contributed by atoms with Crippen molar-refractivity contribution in [3.8, 4) is 0 Å². The number of aliphatic hydroxyl groups is 1. The van der Waals surface area contributed by atoms with Crippen LogP contribution in [0.25, 0.3) is 0 Å². The van der Waals surface area contributed by atoms with Crippen LogP contribution in [0.5, 0.6) is 0 Å². The summed E-state index contributed by atoms with van der Waals surface area (Å²) in [4.78, 5) is 0. The molecule has 1 rings (SSSR count). The van der Waals surface area contributed by atoms with E-state index < -0.39 is 6.10 Å². The summed E-state index contributed by atoms with van der Waals surface area (Å²) < 4.78 is 5.93. The fraction of sp³-hybridized carbons (Fsp3) is 1.00. The fourth-order valence-corrected chi connectivity index (χ4v) is 3.12. The van der Waals surface area contributed by atoms with Gasteiger partial charge in [0.25, 0.3) is 0 Å². The summed E-state index contributed by atoms with van der Waals surface area (Å²) in [5, 5.41) is 13.3. The highest BCUT2D eigenvalue weighted by Crippen LogP contribution is 2.39. The molecular formula is C16H33NO2. The van der Waals surface area contributed by atoms with Crippen molar-refractivity contribution in [1.29, 1.82) is 0 Å². The molecule has 1 aliphatic rings. The summed E-state index contributed by atoms with van der Waals surface area (Å²) >= 11 is 0. The van der Waals surface area contributed by atoms with Gasteiger partial charge in [0.2, 0.25) is 0 Å². The zero-order chi connectivity index (χ0) is 14.7. The molecule has 0 radical (unpaired) electrons. The van der Waals surface area contributed by atoms with Crippen LogP contribution in [-0.2, 0) is 4.74 Å². The van der Waals surface area contributed by atoms with Gasteiger partial charge in [0.15, 0.2) is 0 Å². The van der Waals surface area contributed by atoms with Crippen LogP contribution in [-0.4, -0.2) is 36.0 Å². The Bertz CT molecular complexity index is 270. The van der Waals surface area contributed by atoms with Crippen LogP contribution in [0.4, 0.5) is 0 Å². The number of aliphatic hydroxyl groups excluding tert-OH is 1. The molecular weight excluding hydrogens is 238 g/mol. The van der Waals surface area contributed by atoms with Crippen LogP contribution in [0.1, 0.15) is 60.8 Å². The Balaban J connectivity index is 2.28. The van der Waals surface area contributed by atoms with E-state index in [4.69, 9.17) is 4.74 Å². The molecule has 0 amide bonds. The summed E-state index contributed by atoms with van der Waals surface area (Å²) in [5.41, 5.74) is 0.416. The van der Waals surface area contributed by atoms with Crippen LogP contribution >= 0.6 is 0 Å². The highest BCUT2D eigenvalue weighted by Gasteiger charge is 2.32. The highest BCUT2D eigenvalue weighted by molar-refractivity contribution is 4.83. The lowest BCUT2D eigenvalue weighted by molar-refractivity contribution is -0.0558. The zero-order valence-electron chi connectivity index (χ0n) is 13.6. The third-order valence-electron chi connectivity index (χ3n) is 3.74. The molecule has 0 aliphatic heterocycles. The monoisotopic (exact) mass is 271 g/mol. The van der Waals surface area contributed by atoms with Gasteiger partial charge in [-0.15, -0.1) is 0 Å². The normalized spacial score (nSPS) is 29.2. The predicted octanol–water partition coefficient (Wildman–Crippen LogP) is 2.97. The number of β-amino-alcohol motifs (C(OH)–C–C–N with tert-alkyl or cyclic N) is 1. The topological polar surface area (TPSA) is 41.5 Å². The van der Waals surface area contributed by atoms with Gasteiger partial charge in [-0.2, -0.15) is 0 Å². The molecule has 1 fully saturated rings. The molecule has 0 heterocycles. The molecule has 0 spiro atoms. The molecule has 0 unspecified atom stereocenters. The molecule has 1 saturated carbocycles. The Morgan fingerprint density at radius 3 is 2.47 bits per heavy atom. The summed E-state index contributed by atoms with van der Waals surface area (Å²) in [6.45, 7) is 14.3. The van der Waals surface area contributed by atoms with Gasteiger partial charge in [0, 0.05) is 12.1 Å². The van der Waals surface area contributed by atoms with E-state index in [0.29, 0.717) is 24.7 Å². The minimum atomic E-state index is -0.417. The molecule has 0 aromatic carbocycles. The molecule has 3 nitrogen and oxygen atoms in total. The third-order valence-corrected chi connectivity index (χ3v) is 3.74. The SMILES string of the molecule is C[C@@H]1C[C@@H](OC[C@@H](O)CNC(C)(C)C)CC(C)(C)C1. The average molecular weight is 271 g/mol. The molecule has 0 aromatic heterocycles. The highest BCUT2D eigenvalue weighted by atomic mass is 16.5. The molecule has 0 saturated heterocycles. The Labute approximate surface area is 119 Å². The van der Waals surface area contributed by atoms with Crippen molar-refractivity contribution in [2.75, 3.05) is 13.2 Å². The lowest BCUT2D eigenvalue weighted by Crippen LogP contribution is -2.43. The Kier molecular flexibility index (Phi) is 5.84. The Hall–Kier alpha value is -0.120. The lowest BCUT2D eigenvalue weighted by atomic mass is 9.71. The van der Waals surface area contributed by atoms with E-state index in [-0.39, 0.29) is 5.54 Å². The minimum Gasteiger partial charge on any atom is -0.389 e. The first-order valence-electron chi connectivity index (χ1n) is 7.62. The van der Waals surface area contributed by atoms with Crippen LogP contribution in [0.3, 0.4) is 0 Å². The molecule has 1 aliphatic carbocycles. The Morgan fingerprint density at radius 1 is 1.32 bits per heavy atom. The van der Waals surface area contributed by atoms with E-state index in [1.54, 1.807) is 0 Å². The quantitative estimate of drug-likeness (QED) is 0.808. The number of hydrogen-bond acceptors (Lipinski definition) is 3. The first-order chi connectivity index (χ1) is 8.57. The second-order valence-corrected chi connectivity index (χ2v) is 8.15. The van der Waals surface area contributed by atoms with Gasteiger partial charge in [0.05, 0.1) is 18.8 Å². The van der Waals surface area contributed by atoms with Gasteiger partial charge in [-0.25, -0.2) is 0 Å². The first kappa shape index (κ1) is 16.9. The first-order valence-corrected chi connectivity index (χ1v) is 7.62. The Morgan fingerprint density at radius 2 is 1.95 bits per heavy atom. The lowest BCUT2D eigenvalue weighted by Gasteiger charge is -2.39. The summed E-state index contributed by atoms with van der Waals surface area (Å²) in [6.07, 6.45) is 3.41. The van der Waals surface area contributed by atoms with Crippen molar-refractivity contribution in [3.63, 3.8) is 0 Å². The molecule has 3 atom stereocenters. The minimum absolute atomic E-state index is 0.0440. The predicted molar refractivity (Wildman–Crippen MR) is 80.3 cm³/mol. The zero-order valence-corrected chi connectivity index (χ0v) is 13.6. The summed E-state index contributed by atoms with van der Waals surface area (Å²) in [5.74, 6) is 0.721. The van der Waals surface area contributed by atoms with Gasteiger partial charge >= 0.3 is 0 Å². The van der Waals surface area contributed by atoms with Crippen LogP contribution in [0.2, 0.25) is 0 Å². The van der Waals surface area contributed by atoms with Gasteiger partial charge < -0.3 is 15.2 Å². The van der Waals surface area contributed by atoms with Crippen molar-refractivity contribution >= 4 is 0 Å². The van der Waals surface area contributed by atoms with Crippen molar-refractivity contribution in [1.82, 2.24) is 5.32 Å². The number of hydrogen-bond donors (Lipinski definition) is 2. The molecule has 0 bridgehead atoms. The summed E-state index contributed by atoms with van der Waals surface area (Å²) in [7, 11) is 0. The number of ether oxygens (including phenoxy) is 1. The van der Waals surface area contributed by atoms with Crippen LogP contribution in [0, 0.1) is 11.3 Å². The van der Waals surface area contributed by atoms with Gasteiger partial charge in [-0.1, -0.05) is 20.8 Å². The van der Waals surface area contributed by atoms with E-state index in [1.807, 2.05) is 0 Å².